The van der Waals surface area contributed by atoms with Gasteiger partial charge in [-0.2, -0.15) is 5.26 Å². The second kappa shape index (κ2) is 5.66. The summed E-state index contributed by atoms with van der Waals surface area (Å²) in [6.45, 7) is 0. The molecule has 0 heterocycles. The number of esters is 1. The van der Waals surface area contributed by atoms with Gasteiger partial charge in [-0.3, -0.25) is 0 Å². The van der Waals surface area contributed by atoms with E-state index in [0.717, 1.165) is 5.56 Å². The molecular formula is C11H12N2O2. The van der Waals surface area contributed by atoms with E-state index in [-0.39, 0.29) is 0 Å². The van der Waals surface area contributed by atoms with Gasteiger partial charge in [0.05, 0.1) is 7.11 Å². The van der Waals surface area contributed by atoms with Gasteiger partial charge in [0.2, 0.25) is 0 Å². The molecule has 1 rings (SSSR count). The van der Waals surface area contributed by atoms with Crippen molar-refractivity contribution in [3.63, 3.8) is 0 Å². The maximum Gasteiger partial charge on any atom is 0.329 e. The summed E-state index contributed by atoms with van der Waals surface area (Å²) in [6, 6.07) is 8.85. The van der Waals surface area contributed by atoms with E-state index in [1.165, 1.54) is 7.11 Å². The van der Waals surface area contributed by atoms with Crippen LogP contribution in [0.1, 0.15) is 5.56 Å². The molecule has 0 unspecified atom stereocenters. The van der Waals surface area contributed by atoms with Crippen molar-refractivity contribution in [2.75, 3.05) is 7.11 Å². The van der Waals surface area contributed by atoms with E-state index in [9.17, 15) is 4.79 Å². The van der Waals surface area contributed by atoms with Crippen LogP contribution in [0.15, 0.2) is 30.3 Å². The Bertz CT molecular complexity index is 357. The Morgan fingerprint density at radius 1 is 1.53 bits per heavy atom. The second-order valence-corrected chi connectivity index (χ2v) is 3.02. The van der Waals surface area contributed by atoms with Crippen LogP contribution in [0.25, 0.3) is 0 Å². The summed E-state index contributed by atoms with van der Waals surface area (Å²) in [7, 11) is 1.30. The zero-order chi connectivity index (χ0) is 11.1. The largest absolute Gasteiger partial charge is 0.467 e. The zero-order valence-corrected chi connectivity index (χ0v) is 8.43. The first kappa shape index (κ1) is 11.1. The van der Waals surface area contributed by atoms with Gasteiger partial charge in [-0.25, -0.2) is 4.79 Å². The lowest BCUT2D eigenvalue weighted by molar-refractivity contribution is -0.142. The van der Waals surface area contributed by atoms with Crippen LogP contribution in [0.5, 0.6) is 0 Å². The highest BCUT2D eigenvalue weighted by Crippen LogP contribution is 2.03. The van der Waals surface area contributed by atoms with Crippen LogP contribution in [-0.4, -0.2) is 19.1 Å². The van der Waals surface area contributed by atoms with E-state index in [1.807, 2.05) is 30.3 Å². The van der Waals surface area contributed by atoms with Crippen molar-refractivity contribution in [1.29, 1.82) is 5.26 Å². The molecule has 15 heavy (non-hydrogen) atoms. The number of ether oxygens (including phenoxy) is 1. The number of carbonyl (C=O) groups excluding carboxylic acids is 1. The zero-order valence-electron chi connectivity index (χ0n) is 8.43. The monoisotopic (exact) mass is 204 g/mol. The predicted octanol–water partition coefficient (Wildman–Crippen LogP) is 0.841. The van der Waals surface area contributed by atoms with Crippen LogP contribution in [-0.2, 0) is 16.0 Å². The van der Waals surface area contributed by atoms with Gasteiger partial charge in [0.15, 0.2) is 6.19 Å². The van der Waals surface area contributed by atoms with E-state index in [0.29, 0.717) is 6.42 Å². The molecule has 1 N–H and O–H groups in total. The van der Waals surface area contributed by atoms with Crippen LogP contribution in [0.2, 0.25) is 0 Å². The van der Waals surface area contributed by atoms with Crippen LogP contribution < -0.4 is 5.32 Å². The summed E-state index contributed by atoms with van der Waals surface area (Å²) in [5, 5.41) is 10.9. The Kier molecular flexibility index (Phi) is 4.17. The van der Waals surface area contributed by atoms with Gasteiger partial charge >= 0.3 is 5.97 Å². The third kappa shape index (κ3) is 3.31. The van der Waals surface area contributed by atoms with Crippen molar-refractivity contribution in [3.8, 4) is 6.19 Å². The molecule has 4 heteroatoms. The Balaban J connectivity index is 2.68. The third-order valence-electron chi connectivity index (χ3n) is 2.01. The molecule has 0 fully saturated rings. The molecule has 1 aromatic rings. The molecule has 0 aliphatic heterocycles. The number of methoxy groups -OCH3 is 1. The summed E-state index contributed by atoms with van der Waals surface area (Å²) in [5.74, 6) is -0.430. The number of benzene rings is 1. The molecule has 0 spiro atoms. The highest BCUT2D eigenvalue weighted by molar-refractivity contribution is 5.76. The smallest absolute Gasteiger partial charge is 0.329 e. The van der Waals surface area contributed by atoms with Gasteiger partial charge in [-0.05, 0) is 5.56 Å². The Labute approximate surface area is 88.5 Å². The molecule has 0 amide bonds. The van der Waals surface area contributed by atoms with Crippen molar-refractivity contribution >= 4 is 5.97 Å². The molecule has 0 saturated carbocycles. The maximum atomic E-state index is 11.3. The minimum absolute atomic E-state index is 0.430. The summed E-state index contributed by atoms with van der Waals surface area (Å²) >= 11 is 0. The number of nitrogens with one attached hydrogen (secondary N) is 1. The fourth-order valence-corrected chi connectivity index (χ4v) is 1.26. The number of carbonyl (C=O) groups is 1. The number of hydrogen-bond acceptors (Lipinski definition) is 4. The van der Waals surface area contributed by atoms with Crippen LogP contribution in [0.3, 0.4) is 0 Å². The molecule has 0 aromatic heterocycles. The molecule has 0 radical (unpaired) electrons. The first-order chi connectivity index (χ1) is 7.27. The van der Waals surface area contributed by atoms with E-state index in [2.05, 4.69) is 10.1 Å². The topological polar surface area (TPSA) is 62.1 Å². The van der Waals surface area contributed by atoms with Crippen molar-refractivity contribution in [2.45, 2.75) is 12.5 Å². The molecule has 0 aliphatic carbocycles. The Hall–Kier alpha value is -2.02. The Morgan fingerprint density at radius 3 is 2.73 bits per heavy atom. The number of nitriles is 1. The van der Waals surface area contributed by atoms with Crippen molar-refractivity contribution < 1.29 is 9.53 Å². The molecule has 4 nitrogen and oxygen atoms in total. The summed E-state index contributed by atoms with van der Waals surface area (Å²) < 4.78 is 4.58. The molecule has 0 bridgehead atoms. The number of rotatable bonds is 4. The average Bonchev–Trinajstić information content (AvgIpc) is 2.29. The van der Waals surface area contributed by atoms with Crippen LogP contribution in [0.4, 0.5) is 0 Å². The van der Waals surface area contributed by atoms with E-state index >= 15 is 0 Å². The summed E-state index contributed by atoms with van der Waals surface area (Å²) in [5.41, 5.74) is 0.982. The van der Waals surface area contributed by atoms with Crippen molar-refractivity contribution in [3.05, 3.63) is 35.9 Å². The Morgan fingerprint density at radius 2 is 2.20 bits per heavy atom. The minimum atomic E-state index is -0.609. The summed E-state index contributed by atoms with van der Waals surface area (Å²) in [4.78, 5) is 11.3. The van der Waals surface area contributed by atoms with Gasteiger partial charge in [0.25, 0.3) is 0 Å². The van der Waals surface area contributed by atoms with Crippen molar-refractivity contribution in [2.24, 2.45) is 0 Å². The third-order valence-corrected chi connectivity index (χ3v) is 2.01. The fourth-order valence-electron chi connectivity index (χ4n) is 1.26. The van der Waals surface area contributed by atoms with Gasteiger partial charge in [0.1, 0.15) is 6.04 Å². The molecule has 1 aromatic carbocycles. The van der Waals surface area contributed by atoms with Gasteiger partial charge in [-0.1, -0.05) is 30.3 Å². The average molecular weight is 204 g/mol. The van der Waals surface area contributed by atoms with E-state index in [4.69, 9.17) is 5.26 Å². The molecule has 0 saturated heterocycles. The maximum absolute atomic E-state index is 11.3. The quantitative estimate of drug-likeness (QED) is 0.448. The SMILES string of the molecule is COC(=O)[C@H](Cc1ccccc1)NC#N. The standard InChI is InChI=1S/C11H12N2O2/c1-15-11(14)10(13-8-12)7-9-5-3-2-4-6-9/h2-6,10,13H,7H2,1H3/t10-/m0/s1. The molecule has 0 aliphatic rings. The van der Waals surface area contributed by atoms with E-state index in [1.54, 1.807) is 6.19 Å². The molecular weight excluding hydrogens is 192 g/mol. The second-order valence-electron chi connectivity index (χ2n) is 3.02. The van der Waals surface area contributed by atoms with Gasteiger partial charge in [0, 0.05) is 6.42 Å². The lowest BCUT2D eigenvalue weighted by Gasteiger charge is -2.12. The molecule has 1 atom stereocenters. The van der Waals surface area contributed by atoms with Gasteiger partial charge < -0.3 is 10.1 Å². The first-order valence-corrected chi connectivity index (χ1v) is 4.54. The van der Waals surface area contributed by atoms with Crippen molar-refractivity contribution in [1.82, 2.24) is 5.32 Å². The summed E-state index contributed by atoms with van der Waals surface area (Å²) in [6.07, 6.45) is 2.20. The normalized spacial score (nSPS) is 11.2. The van der Waals surface area contributed by atoms with E-state index < -0.39 is 12.0 Å². The highest BCUT2D eigenvalue weighted by atomic mass is 16.5. The highest BCUT2D eigenvalue weighted by Gasteiger charge is 2.18. The number of nitrogens with zero attached hydrogens (tertiary/aromatic N) is 1. The predicted molar refractivity (Wildman–Crippen MR) is 54.7 cm³/mol. The van der Waals surface area contributed by atoms with Crippen LogP contribution in [0, 0.1) is 11.5 Å². The lowest BCUT2D eigenvalue weighted by atomic mass is 10.1. The number of hydrogen-bond donors (Lipinski definition) is 1. The lowest BCUT2D eigenvalue weighted by Crippen LogP contribution is -2.36. The minimum Gasteiger partial charge on any atom is -0.467 e. The fraction of sp³-hybridized carbons (Fsp3) is 0.273. The van der Waals surface area contributed by atoms with Crippen LogP contribution >= 0.6 is 0 Å². The first-order valence-electron chi connectivity index (χ1n) is 4.54. The van der Waals surface area contributed by atoms with Gasteiger partial charge in [-0.15, -0.1) is 0 Å². The molecule has 78 valence electrons.